The first-order valence-corrected chi connectivity index (χ1v) is 9.22. The molecule has 0 radical (unpaired) electrons. The molecule has 3 rings (SSSR count). The number of rotatable bonds is 7. The second-order valence-electron chi connectivity index (χ2n) is 7.60. The highest BCUT2D eigenvalue weighted by Crippen LogP contribution is 2.29. The number of aryl methyl sites for hydroxylation is 2. The molecule has 1 aromatic carbocycles. The molecule has 2 heterocycles. The Hall–Kier alpha value is -1.40. The molecule has 5 nitrogen and oxygen atoms in total. The molecule has 25 heavy (non-hydrogen) atoms. The zero-order valence-electron chi connectivity index (χ0n) is 15.6. The molecule has 1 fully saturated rings. The summed E-state index contributed by atoms with van der Waals surface area (Å²) in [6.45, 7) is 9.17. The summed E-state index contributed by atoms with van der Waals surface area (Å²) in [4.78, 5) is 8.16. The zero-order valence-corrected chi connectivity index (χ0v) is 15.6. The van der Waals surface area contributed by atoms with Gasteiger partial charge in [0.15, 0.2) is 0 Å². The maximum atomic E-state index is 9.77. The van der Waals surface area contributed by atoms with E-state index in [1.54, 1.807) is 0 Å². The van der Waals surface area contributed by atoms with Gasteiger partial charge in [-0.15, -0.1) is 0 Å². The fourth-order valence-electron chi connectivity index (χ4n) is 4.16. The molecule has 2 aromatic rings. The standard InChI is InChI=1S/C20H31N3O2/c1-14-15(2)21-20-16(5-4-6-19(14)20)10-23-11-17(18(12-23)13-25)9-22(3)7-8-24/h4-6,17-18,21,24-25H,7-13H2,1-3H3/t17-,18-/m1/s1. The van der Waals surface area contributed by atoms with Gasteiger partial charge < -0.3 is 20.1 Å². The molecule has 0 spiro atoms. The quantitative estimate of drug-likeness (QED) is 0.715. The van der Waals surface area contributed by atoms with Crippen LogP contribution in [0.4, 0.5) is 0 Å². The van der Waals surface area contributed by atoms with Gasteiger partial charge in [0.2, 0.25) is 0 Å². The Morgan fingerprint density at radius 1 is 1.20 bits per heavy atom. The molecule has 1 aliphatic rings. The van der Waals surface area contributed by atoms with Crippen LogP contribution in [0.25, 0.3) is 10.9 Å². The van der Waals surface area contributed by atoms with Crippen molar-refractivity contribution in [1.82, 2.24) is 14.8 Å². The topological polar surface area (TPSA) is 62.7 Å². The highest BCUT2D eigenvalue weighted by molar-refractivity contribution is 5.87. The summed E-state index contributed by atoms with van der Waals surface area (Å²) >= 11 is 0. The molecule has 0 aliphatic carbocycles. The summed E-state index contributed by atoms with van der Waals surface area (Å²) in [6, 6.07) is 6.53. The maximum Gasteiger partial charge on any atom is 0.0558 e. The Kier molecular flexibility index (Phi) is 5.79. The third-order valence-corrected chi connectivity index (χ3v) is 5.74. The van der Waals surface area contributed by atoms with Crippen LogP contribution in [0.1, 0.15) is 16.8 Å². The Labute approximate surface area is 150 Å². The molecule has 138 valence electrons. The van der Waals surface area contributed by atoms with Crippen LogP contribution in [0, 0.1) is 25.7 Å². The molecule has 1 aliphatic heterocycles. The van der Waals surface area contributed by atoms with Crippen LogP contribution in [0.2, 0.25) is 0 Å². The number of aromatic amines is 1. The van der Waals surface area contributed by atoms with Gasteiger partial charge in [0, 0.05) is 50.4 Å². The number of fused-ring (bicyclic) bond motifs is 1. The van der Waals surface area contributed by atoms with Crippen LogP contribution in [-0.4, -0.2) is 71.4 Å². The fourth-order valence-corrected chi connectivity index (χ4v) is 4.16. The van der Waals surface area contributed by atoms with Crippen molar-refractivity contribution in [2.24, 2.45) is 11.8 Å². The number of aliphatic hydroxyl groups is 2. The van der Waals surface area contributed by atoms with Crippen molar-refractivity contribution in [3.63, 3.8) is 0 Å². The summed E-state index contributed by atoms with van der Waals surface area (Å²) in [5.74, 6) is 0.764. The van der Waals surface area contributed by atoms with Gasteiger partial charge in [-0.2, -0.15) is 0 Å². The van der Waals surface area contributed by atoms with E-state index >= 15 is 0 Å². The van der Waals surface area contributed by atoms with Crippen molar-refractivity contribution in [3.05, 3.63) is 35.0 Å². The van der Waals surface area contributed by atoms with Crippen molar-refractivity contribution in [2.45, 2.75) is 20.4 Å². The normalized spacial score (nSPS) is 21.7. The Balaban J connectivity index is 1.72. The highest BCUT2D eigenvalue weighted by atomic mass is 16.3. The minimum absolute atomic E-state index is 0.185. The number of nitrogens with one attached hydrogen (secondary N) is 1. The van der Waals surface area contributed by atoms with Crippen molar-refractivity contribution in [2.75, 3.05) is 46.4 Å². The number of likely N-dealkylation sites (tertiary alicyclic amines) is 1. The summed E-state index contributed by atoms with van der Waals surface area (Å²) in [7, 11) is 2.04. The molecule has 2 atom stereocenters. The van der Waals surface area contributed by atoms with Crippen LogP contribution < -0.4 is 0 Å². The van der Waals surface area contributed by atoms with Crippen LogP contribution in [0.3, 0.4) is 0 Å². The summed E-state index contributed by atoms with van der Waals surface area (Å²) in [6.07, 6.45) is 0. The minimum Gasteiger partial charge on any atom is -0.396 e. The first-order chi connectivity index (χ1) is 12.0. The maximum absolute atomic E-state index is 9.77. The van der Waals surface area contributed by atoms with E-state index in [-0.39, 0.29) is 13.2 Å². The van der Waals surface area contributed by atoms with Gasteiger partial charge in [-0.25, -0.2) is 0 Å². The third kappa shape index (κ3) is 3.90. The van der Waals surface area contributed by atoms with E-state index in [1.807, 2.05) is 7.05 Å². The molecule has 0 unspecified atom stereocenters. The molecular formula is C20H31N3O2. The van der Waals surface area contributed by atoms with Crippen LogP contribution in [0.5, 0.6) is 0 Å². The van der Waals surface area contributed by atoms with Gasteiger partial charge in [0.25, 0.3) is 0 Å². The third-order valence-electron chi connectivity index (χ3n) is 5.74. The van der Waals surface area contributed by atoms with Crippen molar-refractivity contribution < 1.29 is 10.2 Å². The van der Waals surface area contributed by atoms with E-state index in [4.69, 9.17) is 5.11 Å². The Morgan fingerprint density at radius 2 is 1.96 bits per heavy atom. The van der Waals surface area contributed by atoms with Crippen molar-refractivity contribution in [1.29, 1.82) is 0 Å². The van der Waals surface area contributed by atoms with E-state index in [1.165, 1.54) is 27.7 Å². The van der Waals surface area contributed by atoms with Gasteiger partial charge in [-0.05, 0) is 43.9 Å². The predicted octanol–water partition coefficient (Wildman–Crippen LogP) is 1.75. The van der Waals surface area contributed by atoms with Crippen LogP contribution in [0.15, 0.2) is 18.2 Å². The predicted molar refractivity (Wildman–Crippen MR) is 102 cm³/mol. The average molecular weight is 345 g/mol. The number of nitrogens with zero attached hydrogens (tertiary/aromatic N) is 2. The number of hydrogen-bond acceptors (Lipinski definition) is 4. The van der Waals surface area contributed by atoms with Gasteiger partial charge in [0.1, 0.15) is 0 Å². The molecule has 1 aromatic heterocycles. The molecular weight excluding hydrogens is 314 g/mol. The van der Waals surface area contributed by atoms with Gasteiger partial charge >= 0.3 is 0 Å². The number of para-hydroxylation sites is 1. The minimum atomic E-state index is 0.185. The molecule has 3 N–H and O–H groups in total. The SMILES string of the molecule is Cc1[nH]c2c(CN3C[C@@H](CN(C)CCO)[C@@H](CO)C3)cccc2c1C. The van der Waals surface area contributed by atoms with Crippen LogP contribution in [-0.2, 0) is 6.54 Å². The number of aromatic nitrogens is 1. The molecule has 0 amide bonds. The van der Waals surface area contributed by atoms with E-state index < -0.39 is 0 Å². The van der Waals surface area contributed by atoms with Gasteiger partial charge in [0.05, 0.1) is 12.1 Å². The number of hydrogen-bond donors (Lipinski definition) is 3. The van der Waals surface area contributed by atoms with E-state index in [2.05, 4.69) is 46.8 Å². The highest BCUT2D eigenvalue weighted by Gasteiger charge is 2.33. The van der Waals surface area contributed by atoms with Gasteiger partial charge in [-0.3, -0.25) is 4.90 Å². The smallest absolute Gasteiger partial charge is 0.0558 e. The summed E-state index contributed by atoms with van der Waals surface area (Å²) in [5, 5.41) is 20.2. The fraction of sp³-hybridized carbons (Fsp3) is 0.600. The molecule has 0 saturated carbocycles. The largest absolute Gasteiger partial charge is 0.396 e. The lowest BCUT2D eigenvalue weighted by Gasteiger charge is -2.23. The monoisotopic (exact) mass is 345 g/mol. The Bertz CT molecular complexity index is 712. The molecule has 0 bridgehead atoms. The summed E-state index contributed by atoms with van der Waals surface area (Å²) < 4.78 is 0. The first-order valence-electron chi connectivity index (χ1n) is 9.22. The second kappa shape index (κ2) is 7.87. The van der Waals surface area contributed by atoms with Gasteiger partial charge in [-0.1, -0.05) is 18.2 Å². The first kappa shape index (κ1) is 18.4. The van der Waals surface area contributed by atoms with Crippen molar-refractivity contribution in [3.8, 4) is 0 Å². The van der Waals surface area contributed by atoms with Crippen LogP contribution >= 0.6 is 0 Å². The number of H-pyrrole nitrogens is 1. The second-order valence-corrected chi connectivity index (χ2v) is 7.60. The zero-order chi connectivity index (χ0) is 18.0. The number of aliphatic hydroxyl groups excluding tert-OH is 2. The van der Waals surface area contributed by atoms with E-state index in [9.17, 15) is 5.11 Å². The summed E-state index contributed by atoms with van der Waals surface area (Å²) in [5.41, 5.74) is 5.14. The Morgan fingerprint density at radius 3 is 2.68 bits per heavy atom. The molecule has 5 heteroatoms. The lowest BCUT2D eigenvalue weighted by molar-refractivity contribution is 0.160. The number of likely N-dealkylation sites (N-methyl/N-ethyl adjacent to an activating group) is 1. The van der Waals surface area contributed by atoms with Crippen molar-refractivity contribution >= 4 is 10.9 Å². The lowest BCUT2D eigenvalue weighted by atomic mass is 9.96. The number of benzene rings is 1. The van der Waals surface area contributed by atoms with E-state index in [0.717, 1.165) is 26.2 Å². The molecule has 1 saturated heterocycles. The van der Waals surface area contributed by atoms with E-state index in [0.29, 0.717) is 18.4 Å². The average Bonchev–Trinajstić information content (AvgIpc) is 3.10. The lowest BCUT2D eigenvalue weighted by Crippen LogP contribution is -2.32.